The Morgan fingerprint density at radius 3 is 3.10 bits per heavy atom. The number of carbonyl (C=O) groups is 2. The van der Waals surface area contributed by atoms with Crippen LogP contribution < -0.4 is 26.2 Å². The number of ether oxygens (including phenoxy) is 1. The minimum Gasteiger partial charge on any atom is -0.495 e. The maximum atomic E-state index is 11.9. The van der Waals surface area contributed by atoms with Gasteiger partial charge in [0.05, 0.1) is 25.1 Å². The molecule has 1 heterocycles. The maximum absolute atomic E-state index is 11.9. The van der Waals surface area contributed by atoms with Crippen molar-refractivity contribution in [2.24, 2.45) is 0 Å². The molecule has 1 aliphatic rings. The summed E-state index contributed by atoms with van der Waals surface area (Å²) in [5.41, 5.74) is 5.75. The SMILES string of the molecule is COc1ccc(Cl)cc1NC(=O)CSC1NNCC(=O)N1. The molecule has 1 fully saturated rings. The summed E-state index contributed by atoms with van der Waals surface area (Å²) in [7, 11) is 1.51. The van der Waals surface area contributed by atoms with Crippen LogP contribution >= 0.6 is 23.4 Å². The molecule has 2 amide bonds. The molecule has 0 bridgehead atoms. The van der Waals surface area contributed by atoms with Crippen LogP contribution in [0.1, 0.15) is 0 Å². The number of amides is 2. The molecule has 1 atom stereocenters. The van der Waals surface area contributed by atoms with Gasteiger partial charge < -0.3 is 15.4 Å². The number of benzene rings is 1. The highest BCUT2D eigenvalue weighted by molar-refractivity contribution is 8.00. The number of rotatable bonds is 5. The Balaban J connectivity index is 1.87. The fourth-order valence-electron chi connectivity index (χ4n) is 1.66. The number of carbonyl (C=O) groups excluding carboxylic acids is 2. The summed E-state index contributed by atoms with van der Waals surface area (Å²) in [6.45, 7) is 0.211. The summed E-state index contributed by atoms with van der Waals surface area (Å²) < 4.78 is 5.15. The highest BCUT2D eigenvalue weighted by atomic mass is 35.5. The molecule has 0 aliphatic carbocycles. The molecule has 4 N–H and O–H groups in total. The van der Waals surface area contributed by atoms with E-state index in [4.69, 9.17) is 16.3 Å². The van der Waals surface area contributed by atoms with Gasteiger partial charge in [0.2, 0.25) is 11.8 Å². The van der Waals surface area contributed by atoms with Crippen molar-refractivity contribution < 1.29 is 14.3 Å². The molecule has 2 rings (SSSR count). The van der Waals surface area contributed by atoms with E-state index < -0.39 is 0 Å². The van der Waals surface area contributed by atoms with Crippen molar-refractivity contribution in [3.8, 4) is 5.75 Å². The van der Waals surface area contributed by atoms with Crippen molar-refractivity contribution in [1.29, 1.82) is 0 Å². The van der Waals surface area contributed by atoms with E-state index in [-0.39, 0.29) is 29.6 Å². The van der Waals surface area contributed by atoms with Crippen molar-refractivity contribution in [3.63, 3.8) is 0 Å². The first-order chi connectivity index (χ1) is 10.1. The lowest BCUT2D eigenvalue weighted by Gasteiger charge is -2.24. The van der Waals surface area contributed by atoms with E-state index in [0.717, 1.165) is 0 Å². The molecular formula is C12H15ClN4O3S. The van der Waals surface area contributed by atoms with Gasteiger partial charge in [0.1, 0.15) is 11.2 Å². The van der Waals surface area contributed by atoms with Crippen molar-refractivity contribution in [2.75, 3.05) is 24.7 Å². The summed E-state index contributed by atoms with van der Waals surface area (Å²) in [5, 5.41) is 5.92. The van der Waals surface area contributed by atoms with Crippen LogP contribution in [0, 0.1) is 0 Å². The third-order valence-electron chi connectivity index (χ3n) is 2.59. The zero-order valence-electron chi connectivity index (χ0n) is 11.2. The number of hydrazine groups is 1. The predicted octanol–water partition coefficient (Wildman–Crippen LogP) is 0.528. The molecule has 1 saturated heterocycles. The molecule has 1 unspecified atom stereocenters. The number of hydrogen-bond donors (Lipinski definition) is 4. The van der Waals surface area contributed by atoms with Crippen LogP contribution in [0.3, 0.4) is 0 Å². The Morgan fingerprint density at radius 1 is 1.57 bits per heavy atom. The van der Waals surface area contributed by atoms with Crippen LogP contribution in [0.2, 0.25) is 5.02 Å². The average Bonchev–Trinajstić information content (AvgIpc) is 2.45. The van der Waals surface area contributed by atoms with Crippen LogP contribution in [-0.2, 0) is 9.59 Å². The van der Waals surface area contributed by atoms with E-state index in [1.807, 2.05) is 0 Å². The Kier molecular flexibility index (Phi) is 5.68. The van der Waals surface area contributed by atoms with E-state index in [0.29, 0.717) is 16.5 Å². The number of hydrogen-bond acceptors (Lipinski definition) is 6. The minimum atomic E-state index is -0.349. The van der Waals surface area contributed by atoms with Gasteiger partial charge in [-0.05, 0) is 18.2 Å². The first-order valence-electron chi connectivity index (χ1n) is 6.11. The van der Waals surface area contributed by atoms with Gasteiger partial charge in [-0.2, -0.15) is 0 Å². The number of halogens is 1. The lowest BCUT2D eigenvalue weighted by Crippen LogP contribution is -2.58. The molecule has 21 heavy (non-hydrogen) atoms. The number of thioether (sulfide) groups is 1. The van der Waals surface area contributed by atoms with Gasteiger partial charge >= 0.3 is 0 Å². The summed E-state index contributed by atoms with van der Waals surface area (Å²) in [6.07, 6.45) is 0. The minimum absolute atomic E-state index is 0.122. The lowest BCUT2D eigenvalue weighted by atomic mass is 10.3. The first-order valence-corrected chi connectivity index (χ1v) is 7.54. The Hall–Kier alpha value is -1.48. The smallest absolute Gasteiger partial charge is 0.237 e. The summed E-state index contributed by atoms with van der Waals surface area (Å²) in [5.74, 6) is 0.351. The molecule has 114 valence electrons. The molecule has 1 aromatic carbocycles. The number of methoxy groups -OCH3 is 1. The quantitative estimate of drug-likeness (QED) is 0.629. The molecule has 0 spiro atoms. The second kappa shape index (κ2) is 7.51. The molecule has 1 aromatic rings. The topological polar surface area (TPSA) is 91.5 Å². The molecule has 0 radical (unpaired) electrons. The van der Waals surface area contributed by atoms with Gasteiger partial charge in [-0.25, -0.2) is 10.9 Å². The third kappa shape index (κ3) is 4.78. The monoisotopic (exact) mass is 330 g/mol. The molecule has 9 heteroatoms. The van der Waals surface area contributed by atoms with Crippen LogP contribution in [0.25, 0.3) is 0 Å². The van der Waals surface area contributed by atoms with Crippen molar-refractivity contribution in [3.05, 3.63) is 23.2 Å². The first kappa shape index (κ1) is 15.9. The van der Waals surface area contributed by atoms with Crippen LogP contribution in [0.5, 0.6) is 5.75 Å². The van der Waals surface area contributed by atoms with E-state index in [1.165, 1.54) is 18.9 Å². The Labute approximate surface area is 131 Å². The molecule has 7 nitrogen and oxygen atoms in total. The van der Waals surface area contributed by atoms with Gasteiger partial charge in [0.15, 0.2) is 0 Å². The largest absolute Gasteiger partial charge is 0.495 e. The van der Waals surface area contributed by atoms with Crippen molar-refractivity contribution in [1.82, 2.24) is 16.2 Å². The highest BCUT2D eigenvalue weighted by Gasteiger charge is 2.18. The van der Waals surface area contributed by atoms with Gasteiger partial charge in [-0.3, -0.25) is 9.59 Å². The molecule has 1 aliphatic heterocycles. The van der Waals surface area contributed by atoms with Gasteiger partial charge in [-0.15, -0.1) is 11.8 Å². The van der Waals surface area contributed by atoms with E-state index in [2.05, 4.69) is 21.5 Å². The predicted molar refractivity (Wildman–Crippen MR) is 82.2 cm³/mol. The fourth-order valence-corrected chi connectivity index (χ4v) is 2.61. The van der Waals surface area contributed by atoms with Crippen LogP contribution in [0.15, 0.2) is 18.2 Å². The highest BCUT2D eigenvalue weighted by Crippen LogP contribution is 2.27. The van der Waals surface area contributed by atoms with Crippen molar-refractivity contribution in [2.45, 2.75) is 5.50 Å². The van der Waals surface area contributed by atoms with Crippen LogP contribution in [-0.4, -0.2) is 36.7 Å². The summed E-state index contributed by atoms with van der Waals surface area (Å²) in [4.78, 5) is 23.1. The van der Waals surface area contributed by atoms with Crippen molar-refractivity contribution >= 4 is 40.9 Å². The molecule has 0 saturated carbocycles. The second-order valence-electron chi connectivity index (χ2n) is 4.15. The average molecular weight is 331 g/mol. The third-order valence-corrected chi connectivity index (χ3v) is 3.82. The Bertz CT molecular complexity index is 543. The van der Waals surface area contributed by atoms with Gasteiger partial charge in [0, 0.05) is 5.02 Å². The molecular weight excluding hydrogens is 316 g/mol. The standard InChI is InChI=1S/C12H15ClN4O3S/c1-20-9-3-2-7(13)4-8(9)15-11(19)6-21-12-16-10(18)5-14-17-12/h2-4,12,14,17H,5-6H2,1H3,(H,15,19)(H,16,18). The zero-order valence-corrected chi connectivity index (χ0v) is 12.8. The van der Waals surface area contributed by atoms with Gasteiger partial charge in [0.25, 0.3) is 0 Å². The maximum Gasteiger partial charge on any atom is 0.237 e. The number of nitrogens with one attached hydrogen (secondary N) is 4. The van der Waals surface area contributed by atoms with Gasteiger partial charge in [-0.1, -0.05) is 11.6 Å². The van der Waals surface area contributed by atoms with E-state index in [9.17, 15) is 9.59 Å². The fraction of sp³-hybridized carbons (Fsp3) is 0.333. The zero-order chi connectivity index (χ0) is 15.2. The van der Waals surface area contributed by atoms with Crippen LogP contribution in [0.4, 0.5) is 5.69 Å². The molecule has 0 aromatic heterocycles. The van der Waals surface area contributed by atoms with E-state index >= 15 is 0 Å². The number of anilines is 1. The lowest BCUT2D eigenvalue weighted by molar-refractivity contribution is -0.122. The summed E-state index contributed by atoms with van der Waals surface area (Å²) >= 11 is 7.15. The Morgan fingerprint density at radius 2 is 2.38 bits per heavy atom. The van der Waals surface area contributed by atoms with E-state index in [1.54, 1.807) is 18.2 Å². The normalized spacial score (nSPS) is 18.0. The summed E-state index contributed by atoms with van der Waals surface area (Å²) in [6, 6.07) is 4.97. The second-order valence-corrected chi connectivity index (χ2v) is 5.68.